The third-order valence-electron chi connectivity index (χ3n) is 2.30. The van der Waals surface area contributed by atoms with Crippen LogP contribution in [0.2, 0.25) is 0 Å². The lowest BCUT2D eigenvalue weighted by molar-refractivity contribution is -0.140. The maximum absolute atomic E-state index is 12.0. The van der Waals surface area contributed by atoms with Crippen molar-refractivity contribution < 1.29 is 23.1 Å². The van der Waals surface area contributed by atoms with Crippen LogP contribution in [0.4, 0.5) is 0 Å². The molecule has 1 rings (SSSR count). The van der Waals surface area contributed by atoms with E-state index in [2.05, 4.69) is 0 Å². The van der Waals surface area contributed by atoms with E-state index in [9.17, 15) is 18.0 Å². The number of primary amides is 1. The predicted molar refractivity (Wildman–Crippen MR) is 66.7 cm³/mol. The van der Waals surface area contributed by atoms with E-state index in [4.69, 9.17) is 10.8 Å². The van der Waals surface area contributed by atoms with Gasteiger partial charge in [0.1, 0.15) is 6.04 Å². The van der Waals surface area contributed by atoms with Crippen LogP contribution < -0.4 is 10.5 Å². The number of carboxylic acids is 1. The minimum Gasteiger partial charge on any atom is -0.480 e. The van der Waals surface area contributed by atoms with Crippen LogP contribution in [0.3, 0.4) is 0 Å². The van der Waals surface area contributed by atoms with Gasteiger partial charge in [0.2, 0.25) is 15.9 Å². The molecule has 0 fully saturated rings. The van der Waals surface area contributed by atoms with Crippen molar-refractivity contribution in [1.82, 2.24) is 4.72 Å². The van der Waals surface area contributed by atoms with Crippen molar-refractivity contribution in [2.75, 3.05) is 0 Å². The van der Waals surface area contributed by atoms with Crippen LogP contribution in [-0.2, 0) is 19.6 Å². The van der Waals surface area contributed by atoms with Crippen molar-refractivity contribution in [2.45, 2.75) is 24.3 Å². The number of rotatable bonds is 6. The molecule has 104 valence electrons. The Hall–Kier alpha value is -1.93. The minimum atomic E-state index is -4.01. The van der Waals surface area contributed by atoms with E-state index < -0.39 is 34.4 Å². The van der Waals surface area contributed by atoms with Gasteiger partial charge in [0.15, 0.2) is 0 Å². The second-order valence-electron chi connectivity index (χ2n) is 4.00. The van der Waals surface area contributed by atoms with Crippen LogP contribution in [0, 0.1) is 6.92 Å². The Balaban J connectivity index is 3.00. The monoisotopic (exact) mass is 286 g/mol. The number of carboxylic acid groups (broad SMARTS) is 1. The smallest absolute Gasteiger partial charge is 0.322 e. The fourth-order valence-corrected chi connectivity index (χ4v) is 2.71. The first-order chi connectivity index (χ1) is 8.72. The van der Waals surface area contributed by atoms with E-state index in [0.29, 0.717) is 5.56 Å². The lowest BCUT2D eigenvalue weighted by Crippen LogP contribution is -2.43. The zero-order valence-electron chi connectivity index (χ0n) is 10.2. The van der Waals surface area contributed by atoms with Crippen LogP contribution in [-0.4, -0.2) is 31.4 Å². The second kappa shape index (κ2) is 5.81. The zero-order valence-corrected chi connectivity index (χ0v) is 11.0. The molecule has 1 aromatic rings. The topological polar surface area (TPSA) is 127 Å². The molecule has 0 unspecified atom stereocenters. The standard InChI is InChI=1S/C11H14N2O5S/c1-7-3-2-4-8(5-7)19(17,18)13-9(11(15)16)6-10(12)14/h2-5,9,13H,6H2,1H3,(H2,12,14)(H,15,16)/t9-/m0/s1. The van der Waals surface area contributed by atoms with Gasteiger partial charge in [-0.25, -0.2) is 8.42 Å². The van der Waals surface area contributed by atoms with Crippen molar-refractivity contribution in [3.05, 3.63) is 29.8 Å². The third-order valence-corrected chi connectivity index (χ3v) is 3.77. The van der Waals surface area contributed by atoms with E-state index in [1.54, 1.807) is 13.0 Å². The number of nitrogens with one attached hydrogen (secondary N) is 1. The lowest BCUT2D eigenvalue weighted by atomic mass is 10.2. The summed E-state index contributed by atoms with van der Waals surface area (Å²) in [6.45, 7) is 1.71. The fraction of sp³-hybridized carbons (Fsp3) is 0.273. The van der Waals surface area contributed by atoms with Crippen molar-refractivity contribution in [3.8, 4) is 0 Å². The Bertz CT molecular complexity index is 597. The molecule has 0 aliphatic carbocycles. The van der Waals surface area contributed by atoms with Crippen molar-refractivity contribution >= 4 is 21.9 Å². The zero-order chi connectivity index (χ0) is 14.6. The van der Waals surface area contributed by atoms with Gasteiger partial charge in [0.05, 0.1) is 11.3 Å². The highest BCUT2D eigenvalue weighted by Crippen LogP contribution is 2.11. The molecule has 0 aromatic heterocycles. The van der Waals surface area contributed by atoms with Gasteiger partial charge in [-0.3, -0.25) is 9.59 Å². The number of aryl methyl sites for hydroxylation is 1. The van der Waals surface area contributed by atoms with Crippen LogP contribution in [0.15, 0.2) is 29.2 Å². The molecule has 0 saturated heterocycles. The van der Waals surface area contributed by atoms with E-state index in [1.165, 1.54) is 18.2 Å². The van der Waals surface area contributed by atoms with Gasteiger partial charge in [-0.05, 0) is 24.6 Å². The Morgan fingerprint density at radius 3 is 2.53 bits per heavy atom. The Morgan fingerprint density at radius 2 is 2.05 bits per heavy atom. The quantitative estimate of drug-likeness (QED) is 0.656. The number of carbonyl (C=O) groups is 2. The highest BCUT2D eigenvalue weighted by Gasteiger charge is 2.26. The van der Waals surface area contributed by atoms with E-state index >= 15 is 0 Å². The molecule has 7 nitrogen and oxygen atoms in total. The van der Waals surface area contributed by atoms with Crippen LogP contribution in [0.5, 0.6) is 0 Å². The predicted octanol–water partition coefficient (Wildman–Crippen LogP) is -0.398. The molecule has 0 spiro atoms. The van der Waals surface area contributed by atoms with Crippen molar-refractivity contribution in [3.63, 3.8) is 0 Å². The van der Waals surface area contributed by atoms with Crippen molar-refractivity contribution in [2.24, 2.45) is 5.73 Å². The Morgan fingerprint density at radius 1 is 1.42 bits per heavy atom. The molecule has 0 saturated carbocycles. The SMILES string of the molecule is Cc1cccc(S(=O)(=O)N[C@@H](CC(N)=O)C(=O)O)c1. The number of nitrogens with two attached hydrogens (primary N) is 1. The number of hydrogen-bond donors (Lipinski definition) is 3. The van der Waals surface area contributed by atoms with E-state index in [-0.39, 0.29) is 4.90 Å². The van der Waals surface area contributed by atoms with Gasteiger partial charge in [-0.2, -0.15) is 4.72 Å². The summed E-state index contributed by atoms with van der Waals surface area (Å²) in [6.07, 6.45) is -0.611. The molecule has 19 heavy (non-hydrogen) atoms. The molecule has 4 N–H and O–H groups in total. The summed E-state index contributed by atoms with van der Waals surface area (Å²) in [6, 6.07) is 4.39. The van der Waals surface area contributed by atoms with Gasteiger partial charge in [-0.1, -0.05) is 12.1 Å². The number of aliphatic carboxylic acids is 1. The third kappa shape index (κ3) is 4.34. The average molecular weight is 286 g/mol. The molecule has 1 aromatic carbocycles. The largest absolute Gasteiger partial charge is 0.480 e. The molecule has 8 heteroatoms. The number of sulfonamides is 1. The molecule has 0 bridgehead atoms. The maximum atomic E-state index is 12.0. The lowest BCUT2D eigenvalue weighted by Gasteiger charge is -2.13. The molecule has 0 aliphatic rings. The van der Waals surface area contributed by atoms with Gasteiger partial charge >= 0.3 is 5.97 Å². The molecular formula is C11H14N2O5S. The highest BCUT2D eigenvalue weighted by molar-refractivity contribution is 7.89. The maximum Gasteiger partial charge on any atom is 0.322 e. The summed E-state index contributed by atoms with van der Waals surface area (Å²) in [5.41, 5.74) is 5.59. The normalized spacial score (nSPS) is 12.9. The highest BCUT2D eigenvalue weighted by atomic mass is 32.2. The summed E-state index contributed by atoms with van der Waals surface area (Å²) in [7, 11) is -4.01. The number of carbonyl (C=O) groups excluding carboxylic acids is 1. The Kier molecular flexibility index (Phi) is 4.62. The molecular weight excluding hydrogens is 272 g/mol. The van der Waals surface area contributed by atoms with E-state index in [0.717, 1.165) is 0 Å². The summed E-state index contributed by atoms with van der Waals surface area (Å²) in [5.74, 6) is -2.37. The van der Waals surface area contributed by atoms with E-state index in [1.807, 2.05) is 4.72 Å². The van der Waals surface area contributed by atoms with Crippen LogP contribution in [0.1, 0.15) is 12.0 Å². The summed E-state index contributed by atoms with van der Waals surface area (Å²) >= 11 is 0. The van der Waals surface area contributed by atoms with Crippen LogP contribution >= 0.6 is 0 Å². The fourth-order valence-electron chi connectivity index (χ4n) is 1.42. The van der Waals surface area contributed by atoms with Gasteiger partial charge in [-0.15, -0.1) is 0 Å². The van der Waals surface area contributed by atoms with Crippen molar-refractivity contribution in [1.29, 1.82) is 0 Å². The average Bonchev–Trinajstić information content (AvgIpc) is 2.27. The Labute approximate surface area is 110 Å². The summed E-state index contributed by atoms with van der Waals surface area (Å²) < 4.78 is 25.8. The number of hydrogen-bond acceptors (Lipinski definition) is 4. The van der Waals surface area contributed by atoms with Crippen LogP contribution in [0.25, 0.3) is 0 Å². The summed E-state index contributed by atoms with van der Waals surface area (Å²) in [5, 5.41) is 8.85. The van der Waals surface area contributed by atoms with Gasteiger partial charge in [0.25, 0.3) is 0 Å². The molecule has 0 aliphatic heterocycles. The van der Waals surface area contributed by atoms with Gasteiger partial charge < -0.3 is 10.8 Å². The minimum absolute atomic E-state index is 0.0665. The van der Waals surface area contributed by atoms with Gasteiger partial charge in [0, 0.05) is 0 Å². The molecule has 1 atom stereocenters. The number of amides is 1. The number of benzene rings is 1. The summed E-state index contributed by atoms with van der Waals surface area (Å²) in [4.78, 5) is 21.5. The second-order valence-corrected chi connectivity index (χ2v) is 5.71. The molecule has 1 amide bonds. The first kappa shape index (κ1) is 15.1. The first-order valence-electron chi connectivity index (χ1n) is 5.32. The molecule has 0 radical (unpaired) electrons. The first-order valence-corrected chi connectivity index (χ1v) is 6.81. The molecule has 0 heterocycles.